The maximum absolute atomic E-state index is 11.7. The molecule has 1 saturated carbocycles. The molecule has 3 aromatic rings. The number of aliphatic imine (C=N–C) groups is 1. The number of carbonyl (C=O) groups is 1. The molecule has 7 nitrogen and oxygen atoms in total. The third-order valence-electron chi connectivity index (χ3n) is 8.19. The molecule has 0 spiro atoms. The molecule has 1 saturated heterocycles. The third-order valence-corrected chi connectivity index (χ3v) is 9.30. The van der Waals surface area contributed by atoms with E-state index < -0.39 is 0 Å². The summed E-state index contributed by atoms with van der Waals surface area (Å²) in [6.45, 7) is 7.39. The first-order valence-corrected chi connectivity index (χ1v) is 14.9. The summed E-state index contributed by atoms with van der Waals surface area (Å²) in [5.41, 5.74) is 3.29. The highest BCUT2D eigenvalue weighted by Gasteiger charge is 2.31. The van der Waals surface area contributed by atoms with Gasteiger partial charge in [0.25, 0.3) is 0 Å². The van der Waals surface area contributed by atoms with Crippen LogP contribution in [0.1, 0.15) is 45.2 Å². The monoisotopic (exact) mass is 531 g/mol. The van der Waals surface area contributed by atoms with Crippen LogP contribution in [0.3, 0.4) is 0 Å². The number of anilines is 1. The van der Waals surface area contributed by atoms with E-state index in [0.29, 0.717) is 12.1 Å². The van der Waals surface area contributed by atoms with Gasteiger partial charge in [0.05, 0.1) is 22.9 Å². The number of thioether (sulfide) groups is 1. The van der Waals surface area contributed by atoms with E-state index in [9.17, 15) is 4.79 Å². The molecule has 1 aromatic heterocycles. The highest BCUT2D eigenvalue weighted by Crippen LogP contribution is 2.36. The third kappa shape index (κ3) is 5.43. The first kappa shape index (κ1) is 25.3. The van der Waals surface area contributed by atoms with E-state index in [0.717, 1.165) is 70.8 Å². The SMILES string of the molecule is CC(=O)N1CCN(C(C)[C@H]2CSC(c3cc4cc(Oc5ccccc5)cc(NC5CCCC5)c4[nH]3)=N2)CC1. The Labute approximate surface area is 229 Å². The van der Waals surface area contributed by atoms with E-state index in [2.05, 4.69) is 40.3 Å². The highest BCUT2D eigenvalue weighted by molar-refractivity contribution is 8.14. The summed E-state index contributed by atoms with van der Waals surface area (Å²) < 4.78 is 6.24. The molecule has 2 aromatic carbocycles. The zero-order chi connectivity index (χ0) is 26.1. The van der Waals surface area contributed by atoms with E-state index in [1.54, 1.807) is 6.92 Å². The number of aromatic amines is 1. The number of piperazine rings is 1. The Morgan fingerprint density at radius 1 is 1.08 bits per heavy atom. The van der Waals surface area contributed by atoms with Gasteiger partial charge in [0, 0.05) is 62.4 Å². The fourth-order valence-electron chi connectivity index (χ4n) is 5.89. The molecule has 2 fully saturated rings. The average molecular weight is 532 g/mol. The number of para-hydroxylation sites is 1. The number of amides is 1. The molecule has 0 radical (unpaired) electrons. The zero-order valence-electron chi connectivity index (χ0n) is 22.3. The minimum Gasteiger partial charge on any atom is -0.457 e. The molecule has 1 unspecified atom stereocenters. The minimum absolute atomic E-state index is 0.173. The number of ether oxygens (including phenoxy) is 1. The van der Waals surface area contributed by atoms with Crippen LogP contribution in [-0.2, 0) is 4.79 Å². The second-order valence-electron chi connectivity index (χ2n) is 10.8. The Bertz CT molecular complexity index is 1310. The van der Waals surface area contributed by atoms with Crippen molar-refractivity contribution in [3.8, 4) is 11.5 Å². The van der Waals surface area contributed by atoms with Crippen molar-refractivity contribution in [2.75, 3.05) is 37.2 Å². The van der Waals surface area contributed by atoms with E-state index in [1.165, 1.54) is 25.7 Å². The van der Waals surface area contributed by atoms with Gasteiger partial charge >= 0.3 is 0 Å². The number of nitrogens with zero attached hydrogens (tertiary/aromatic N) is 3. The quantitative estimate of drug-likeness (QED) is 0.407. The summed E-state index contributed by atoms with van der Waals surface area (Å²) in [6.07, 6.45) is 4.99. The van der Waals surface area contributed by atoms with Crippen molar-refractivity contribution < 1.29 is 9.53 Å². The molecule has 6 rings (SSSR count). The predicted octanol–water partition coefficient (Wildman–Crippen LogP) is 5.73. The molecule has 3 aliphatic rings. The van der Waals surface area contributed by atoms with Crippen LogP contribution in [0.4, 0.5) is 5.69 Å². The van der Waals surface area contributed by atoms with Crippen LogP contribution in [0.15, 0.2) is 53.5 Å². The van der Waals surface area contributed by atoms with Crippen molar-refractivity contribution in [1.29, 1.82) is 0 Å². The molecule has 2 aliphatic heterocycles. The topological polar surface area (TPSA) is 73.0 Å². The smallest absolute Gasteiger partial charge is 0.219 e. The van der Waals surface area contributed by atoms with Crippen LogP contribution in [0, 0.1) is 0 Å². The number of H-pyrrole nitrogens is 1. The Morgan fingerprint density at radius 3 is 2.58 bits per heavy atom. The molecule has 200 valence electrons. The van der Waals surface area contributed by atoms with Crippen LogP contribution in [-0.4, -0.2) is 75.8 Å². The van der Waals surface area contributed by atoms with Crippen molar-refractivity contribution in [3.05, 3.63) is 54.2 Å². The van der Waals surface area contributed by atoms with Gasteiger partial charge in [0.15, 0.2) is 0 Å². The number of aromatic nitrogens is 1. The Kier molecular flexibility index (Phi) is 7.34. The van der Waals surface area contributed by atoms with Gasteiger partial charge in [-0.3, -0.25) is 14.7 Å². The average Bonchev–Trinajstić information content (AvgIpc) is 3.70. The summed E-state index contributed by atoms with van der Waals surface area (Å²) in [4.78, 5) is 25.0. The largest absolute Gasteiger partial charge is 0.457 e. The maximum atomic E-state index is 11.7. The van der Waals surface area contributed by atoms with Gasteiger partial charge in [-0.15, -0.1) is 11.8 Å². The van der Waals surface area contributed by atoms with E-state index in [1.807, 2.05) is 47.0 Å². The van der Waals surface area contributed by atoms with E-state index in [-0.39, 0.29) is 11.9 Å². The first-order chi connectivity index (χ1) is 18.5. The number of benzene rings is 2. The standard InChI is InChI=1S/C30H37N5O2S/c1-20(34-12-14-35(15-13-34)21(2)36)28-19-38-30(33-28)27-17-22-16-25(37-24-10-4-3-5-11-24)18-26(29(22)32-27)31-23-8-6-7-9-23/h3-5,10-11,16-18,20,23,28,31-32H,6-9,12-15,19H2,1-2H3/t20?,28-/m1/s1. The molecule has 8 heteroatoms. The maximum Gasteiger partial charge on any atom is 0.219 e. The van der Waals surface area contributed by atoms with Gasteiger partial charge in [0.1, 0.15) is 16.5 Å². The lowest BCUT2D eigenvalue weighted by molar-refractivity contribution is -0.130. The molecular formula is C30H37N5O2S. The number of hydrogen-bond acceptors (Lipinski definition) is 6. The Morgan fingerprint density at radius 2 is 1.84 bits per heavy atom. The fraction of sp³-hybridized carbons (Fsp3) is 0.467. The van der Waals surface area contributed by atoms with E-state index >= 15 is 0 Å². The van der Waals surface area contributed by atoms with Crippen LogP contribution in [0.25, 0.3) is 10.9 Å². The zero-order valence-corrected chi connectivity index (χ0v) is 23.1. The summed E-state index contributed by atoms with van der Waals surface area (Å²) in [7, 11) is 0. The lowest BCUT2D eigenvalue weighted by atomic mass is 10.1. The van der Waals surface area contributed by atoms with Gasteiger partial charge in [0.2, 0.25) is 5.91 Å². The lowest BCUT2D eigenvalue weighted by Gasteiger charge is -2.39. The van der Waals surface area contributed by atoms with Crippen molar-refractivity contribution >= 4 is 39.3 Å². The number of fused-ring (bicyclic) bond motifs is 1. The number of carbonyl (C=O) groups excluding carboxylic acids is 1. The van der Waals surface area contributed by atoms with Crippen molar-refractivity contribution in [2.45, 2.75) is 57.7 Å². The highest BCUT2D eigenvalue weighted by atomic mass is 32.2. The second-order valence-corrected chi connectivity index (χ2v) is 11.8. The molecule has 38 heavy (non-hydrogen) atoms. The van der Waals surface area contributed by atoms with Crippen molar-refractivity contribution in [1.82, 2.24) is 14.8 Å². The molecule has 2 N–H and O–H groups in total. The lowest BCUT2D eigenvalue weighted by Crippen LogP contribution is -2.53. The number of rotatable bonds is 7. The van der Waals surface area contributed by atoms with Gasteiger partial charge in [-0.25, -0.2) is 0 Å². The number of nitrogens with one attached hydrogen (secondary N) is 2. The van der Waals surface area contributed by atoms with Crippen molar-refractivity contribution in [2.24, 2.45) is 4.99 Å². The molecule has 0 bridgehead atoms. The van der Waals surface area contributed by atoms with Gasteiger partial charge < -0.3 is 19.9 Å². The first-order valence-electron chi connectivity index (χ1n) is 13.9. The van der Waals surface area contributed by atoms with Crippen LogP contribution in [0.5, 0.6) is 11.5 Å². The van der Waals surface area contributed by atoms with Crippen LogP contribution in [0.2, 0.25) is 0 Å². The normalized spacial score (nSPS) is 21.6. The summed E-state index contributed by atoms with van der Waals surface area (Å²) in [5, 5.41) is 6.02. The van der Waals surface area contributed by atoms with Crippen LogP contribution >= 0.6 is 11.8 Å². The molecule has 1 amide bonds. The predicted molar refractivity (Wildman–Crippen MR) is 157 cm³/mol. The summed E-state index contributed by atoms with van der Waals surface area (Å²) in [5.74, 6) is 2.83. The van der Waals surface area contributed by atoms with Gasteiger partial charge in [-0.05, 0) is 44.0 Å². The fourth-order valence-corrected chi connectivity index (χ4v) is 7.05. The Hall–Kier alpha value is -2.97. The summed E-state index contributed by atoms with van der Waals surface area (Å²) >= 11 is 1.84. The molecule has 3 heterocycles. The molecule has 1 aliphatic carbocycles. The Balaban J connectivity index is 1.24. The molecule has 2 atom stereocenters. The van der Waals surface area contributed by atoms with Crippen LogP contribution < -0.4 is 10.1 Å². The second kappa shape index (κ2) is 11.0. The summed E-state index contributed by atoms with van der Waals surface area (Å²) in [6, 6.07) is 17.5. The van der Waals surface area contributed by atoms with Gasteiger partial charge in [-0.1, -0.05) is 31.0 Å². The minimum atomic E-state index is 0.173. The van der Waals surface area contributed by atoms with Crippen molar-refractivity contribution in [3.63, 3.8) is 0 Å². The molecular weight excluding hydrogens is 494 g/mol. The van der Waals surface area contributed by atoms with Gasteiger partial charge in [-0.2, -0.15) is 0 Å². The number of hydrogen-bond donors (Lipinski definition) is 2. The van der Waals surface area contributed by atoms with E-state index in [4.69, 9.17) is 9.73 Å².